The summed E-state index contributed by atoms with van der Waals surface area (Å²) in [5.74, 6) is 0. The average molecular weight is 806 g/mol. The smallest absolute Gasteiger partial charge is 0.0973 e. The number of hydrogen-bond acceptors (Lipinski definition) is 4. The minimum absolute atomic E-state index is 0.466. The highest BCUT2D eigenvalue weighted by Crippen LogP contribution is 2.63. The van der Waals surface area contributed by atoms with E-state index >= 15 is 0 Å². The van der Waals surface area contributed by atoms with E-state index in [0.717, 1.165) is 72.2 Å². The van der Waals surface area contributed by atoms with Crippen LogP contribution in [0.15, 0.2) is 222 Å². The van der Waals surface area contributed by atoms with Gasteiger partial charge in [-0.3, -0.25) is 0 Å². The van der Waals surface area contributed by atoms with Crippen LogP contribution >= 0.6 is 11.8 Å². The first-order chi connectivity index (χ1) is 30.7. The van der Waals surface area contributed by atoms with Gasteiger partial charge in [-0.2, -0.15) is 0 Å². The number of hydrogen-bond donors (Lipinski definition) is 0. The molecule has 2 aromatic heterocycles. The molecule has 62 heavy (non-hydrogen) atoms. The third kappa shape index (κ3) is 5.17. The molecule has 9 aromatic carbocycles. The maximum absolute atomic E-state index is 5.55. The third-order valence-corrected chi connectivity index (χ3v) is 14.1. The Labute approximate surface area is 363 Å². The van der Waals surface area contributed by atoms with Crippen LogP contribution in [0, 0.1) is 0 Å². The van der Waals surface area contributed by atoms with E-state index < -0.39 is 5.41 Å². The summed E-state index contributed by atoms with van der Waals surface area (Å²) in [6.45, 7) is 0. The van der Waals surface area contributed by atoms with Crippen LogP contribution in [0.2, 0.25) is 0 Å². The van der Waals surface area contributed by atoms with Crippen LogP contribution in [-0.4, -0.2) is 15.0 Å². The molecule has 2 aliphatic rings. The summed E-state index contributed by atoms with van der Waals surface area (Å²) < 4.78 is 0. The van der Waals surface area contributed by atoms with Crippen molar-refractivity contribution in [3.05, 3.63) is 235 Å². The Morgan fingerprint density at radius 1 is 0.290 bits per heavy atom. The van der Waals surface area contributed by atoms with Crippen LogP contribution in [-0.2, 0) is 5.41 Å². The first-order valence-electron chi connectivity index (χ1n) is 21.1. The van der Waals surface area contributed by atoms with Gasteiger partial charge in [-0.25, -0.2) is 15.0 Å². The van der Waals surface area contributed by atoms with Crippen molar-refractivity contribution in [1.29, 1.82) is 0 Å². The Morgan fingerprint density at radius 2 is 0.790 bits per heavy atom. The zero-order valence-electron chi connectivity index (χ0n) is 33.5. The van der Waals surface area contributed by atoms with Gasteiger partial charge in [0.15, 0.2) is 0 Å². The molecule has 4 heteroatoms. The Hall–Kier alpha value is -7.66. The van der Waals surface area contributed by atoms with Gasteiger partial charge >= 0.3 is 0 Å². The zero-order valence-corrected chi connectivity index (χ0v) is 34.3. The lowest BCUT2D eigenvalue weighted by molar-refractivity contribution is 0.723. The van der Waals surface area contributed by atoms with Crippen LogP contribution in [0.5, 0.6) is 0 Å². The number of benzene rings is 9. The topological polar surface area (TPSA) is 38.7 Å². The highest BCUT2D eigenvalue weighted by atomic mass is 32.2. The van der Waals surface area contributed by atoms with Crippen molar-refractivity contribution in [2.24, 2.45) is 0 Å². The standard InChI is InChI=1S/C58H35N3S/c1-4-16-36(17-5-1)55-45-34-44-41-22-10-11-23-46(41)58(47-24-12-14-26-53(47)62-54-27-15-13-25-48(54)58)49(44)35-43(45)42-30-28-39(32-51(42)60-55)40-29-31-50-52(33-40)61-57(38-20-8-3-9-21-38)56(59-50)37-18-6-2-7-19-37/h1-35H. The Bertz CT molecular complexity index is 3560. The van der Waals surface area contributed by atoms with Gasteiger partial charge in [-0.05, 0) is 92.4 Å². The monoisotopic (exact) mass is 805 g/mol. The molecule has 0 N–H and O–H groups in total. The van der Waals surface area contributed by atoms with E-state index in [4.69, 9.17) is 15.0 Å². The molecule has 0 bridgehead atoms. The summed E-state index contributed by atoms with van der Waals surface area (Å²) in [5.41, 5.74) is 18.1. The second-order valence-electron chi connectivity index (χ2n) is 16.2. The largest absolute Gasteiger partial charge is 0.247 e. The van der Waals surface area contributed by atoms with E-state index in [9.17, 15) is 0 Å². The van der Waals surface area contributed by atoms with Gasteiger partial charge in [-0.1, -0.05) is 182 Å². The number of aromatic nitrogens is 3. The van der Waals surface area contributed by atoms with Crippen molar-refractivity contribution in [2.45, 2.75) is 15.2 Å². The molecule has 0 radical (unpaired) electrons. The van der Waals surface area contributed by atoms with Crippen molar-refractivity contribution in [3.63, 3.8) is 0 Å². The Kier molecular flexibility index (Phi) is 7.75. The van der Waals surface area contributed by atoms with E-state index in [2.05, 4.69) is 200 Å². The van der Waals surface area contributed by atoms with Crippen LogP contribution < -0.4 is 0 Å². The van der Waals surface area contributed by atoms with Crippen LogP contribution in [0.1, 0.15) is 22.3 Å². The highest BCUT2D eigenvalue weighted by molar-refractivity contribution is 7.99. The first kappa shape index (κ1) is 35.1. The van der Waals surface area contributed by atoms with Gasteiger partial charge in [0.2, 0.25) is 0 Å². The van der Waals surface area contributed by atoms with E-state index in [0.29, 0.717) is 0 Å². The number of nitrogens with zero attached hydrogens (tertiary/aromatic N) is 3. The second-order valence-corrected chi connectivity index (χ2v) is 17.3. The van der Waals surface area contributed by atoms with Gasteiger partial charge in [0, 0.05) is 37.3 Å². The molecule has 0 fully saturated rings. The zero-order chi connectivity index (χ0) is 40.8. The third-order valence-electron chi connectivity index (χ3n) is 12.9. The van der Waals surface area contributed by atoms with E-state index in [-0.39, 0.29) is 0 Å². The predicted octanol–water partition coefficient (Wildman–Crippen LogP) is 14.8. The Morgan fingerprint density at radius 3 is 1.44 bits per heavy atom. The van der Waals surface area contributed by atoms with Gasteiger partial charge in [0.25, 0.3) is 0 Å². The maximum atomic E-state index is 5.55. The first-order valence-corrected chi connectivity index (χ1v) is 21.9. The maximum Gasteiger partial charge on any atom is 0.0973 e. The molecule has 0 atom stereocenters. The molecule has 0 saturated carbocycles. The summed E-state index contributed by atoms with van der Waals surface area (Å²) in [7, 11) is 0. The normalized spacial score (nSPS) is 13.2. The molecule has 0 amide bonds. The lowest BCUT2D eigenvalue weighted by Crippen LogP contribution is -2.31. The van der Waals surface area contributed by atoms with Crippen molar-refractivity contribution in [3.8, 4) is 56.0 Å². The summed E-state index contributed by atoms with van der Waals surface area (Å²) in [6.07, 6.45) is 0. The van der Waals surface area contributed by atoms with Gasteiger partial charge in [-0.15, -0.1) is 0 Å². The summed E-state index contributed by atoms with van der Waals surface area (Å²) in [6, 6.07) is 76.6. The summed E-state index contributed by atoms with van der Waals surface area (Å²) in [5, 5.41) is 3.48. The molecular weight excluding hydrogens is 771 g/mol. The second kappa shape index (κ2) is 13.7. The fourth-order valence-electron chi connectivity index (χ4n) is 10.2. The van der Waals surface area contributed by atoms with Crippen LogP contribution in [0.25, 0.3) is 88.7 Å². The molecular formula is C58H35N3S. The van der Waals surface area contributed by atoms with E-state index in [1.165, 1.54) is 48.6 Å². The lowest BCUT2D eigenvalue weighted by atomic mass is 9.67. The SMILES string of the molecule is c1ccc(-c2nc3ccc(-c4ccc5c(c4)nc(-c4ccccc4)c4cc6c(cc45)C4(c5ccccc5Sc5ccccc54)c4ccccc4-6)cc3nc2-c2ccccc2)cc1. The van der Waals surface area contributed by atoms with Crippen molar-refractivity contribution in [2.75, 3.05) is 0 Å². The lowest BCUT2D eigenvalue weighted by Gasteiger charge is -2.39. The van der Waals surface area contributed by atoms with Crippen LogP contribution in [0.4, 0.5) is 0 Å². The molecule has 1 spiro atoms. The van der Waals surface area contributed by atoms with E-state index in [1.807, 2.05) is 23.9 Å². The molecule has 11 aromatic rings. The predicted molar refractivity (Wildman–Crippen MR) is 256 cm³/mol. The van der Waals surface area contributed by atoms with Crippen molar-refractivity contribution in [1.82, 2.24) is 15.0 Å². The molecule has 3 heterocycles. The highest BCUT2D eigenvalue weighted by Gasteiger charge is 2.50. The van der Waals surface area contributed by atoms with Gasteiger partial charge < -0.3 is 0 Å². The van der Waals surface area contributed by atoms with E-state index in [1.54, 1.807) is 0 Å². The molecule has 288 valence electrons. The minimum atomic E-state index is -0.466. The fourth-order valence-corrected chi connectivity index (χ4v) is 11.4. The minimum Gasteiger partial charge on any atom is -0.247 e. The van der Waals surface area contributed by atoms with Gasteiger partial charge in [0.05, 0.1) is 39.0 Å². The van der Waals surface area contributed by atoms with Crippen molar-refractivity contribution < 1.29 is 0 Å². The molecule has 1 aliphatic carbocycles. The molecule has 3 nitrogen and oxygen atoms in total. The number of rotatable bonds is 4. The molecule has 0 saturated heterocycles. The molecule has 1 aliphatic heterocycles. The molecule has 13 rings (SSSR count). The molecule has 0 unspecified atom stereocenters. The quantitative estimate of drug-likeness (QED) is 0.166. The van der Waals surface area contributed by atoms with Crippen molar-refractivity contribution >= 4 is 44.5 Å². The van der Waals surface area contributed by atoms with Crippen LogP contribution in [0.3, 0.4) is 0 Å². The van der Waals surface area contributed by atoms with Gasteiger partial charge in [0.1, 0.15) is 0 Å². The average Bonchev–Trinajstić information content (AvgIpc) is 3.62. The Balaban J connectivity index is 1.05. The number of fused-ring (bicyclic) bond motifs is 13. The fraction of sp³-hybridized carbons (Fsp3) is 0.0172. The summed E-state index contributed by atoms with van der Waals surface area (Å²) in [4.78, 5) is 18.7. The summed E-state index contributed by atoms with van der Waals surface area (Å²) >= 11 is 1.88. The number of pyridine rings is 1.